The van der Waals surface area contributed by atoms with Crippen LogP contribution in [0.4, 0.5) is 5.13 Å². The molecule has 0 aliphatic carbocycles. The second-order valence-corrected chi connectivity index (χ2v) is 9.07. The molecule has 34 heavy (non-hydrogen) atoms. The maximum atomic E-state index is 12.6. The van der Waals surface area contributed by atoms with E-state index in [1.807, 2.05) is 5.32 Å². The van der Waals surface area contributed by atoms with Crippen molar-refractivity contribution in [1.29, 1.82) is 0 Å². The standard InChI is InChI=1S/C12H14ClN5O11S3.2Na/c1-28-17-8(5-4-30-12(14-5)15-7(19)2-13)10(20)16-9-6(3-29-32(25,26)27)18(11(9)21)31(22,23)24;;/h4,6,9H,2-3H2,1H3,(H,16,20)(H,14,15,19)(H,22,23,24)(H,25,26,27);;/q;2*+1/p-2/t6-,9+;;/m0../s1. The van der Waals surface area contributed by atoms with Gasteiger partial charge in [-0.3, -0.25) is 18.6 Å². The van der Waals surface area contributed by atoms with Crippen LogP contribution >= 0.6 is 22.9 Å². The van der Waals surface area contributed by atoms with Gasteiger partial charge in [-0.05, 0) is 0 Å². The van der Waals surface area contributed by atoms with E-state index in [2.05, 4.69) is 24.5 Å². The smallest absolute Gasteiger partial charge is 0.731 e. The Kier molecular flexibility index (Phi) is 13.6. The van der Waals surface area contributed by atoms with Crippen molar-refractivity contribution in [1.82, 2.24) is 14.6 Å². The summed E-state index contributed by atoms with van der Waals surface area (Å²) in [6.07, 6.45) is 0. The van der Waals surface area contributed by atoms with Gasteiger partial charge in [0.15, 0.2) is 21.1 Å². The van der Waals surface area contributed by atoms with Gasteiger partial charge in [-0.25, -0.2) is 26.1 Å². The molecule has 0 saturated carbocycles. The van der Waals surface area contributed by atoms with Crippen LogP contribution in [0, 0.1) is 0 Å². The Morgan fingerprint density at radius 1 is 1.29 bits per heavy atom. The second-order valence-electron chi connectivity index (χ2n) is 5.65. The van der Waals surface area contributed by atoms with Crippen LogP contribution in [0.5, 0.6) is 0 Å². The van der Waals surface area contributed by atoms with Crippen molar-refractivity contribution in [3.05, 3.63) is 11.1 Å². The normalized spacial score (nSPS) is 18.2. The summed E-state index contributed by atoms with van der Waals surface area (Å²) in [5.41, 5.74) is -0.656. The van der Waals surface area contributed by atoms with Gasteiger partial charge >= 0.3 is 59.1 Å². The molecule has 2 rings (SSSR count). The molecule has 0 bridgehead atoms. The summed E-state index contributed by atoms with van der Waals surface area (Å²) < 4.78 is 69.2. The first kappa shape index (κ1) is 33.6. The quantitative estimate of drug-likeness (QED) is 0.0500. The van der Waals surface area contributed by atoms with E-state index in [9.17, 15) is 40.3 Å². The molecule has 1 aromatic heterocycles. The molecule has 1 aliphatic rings. The molecule has 2 atom stereocenters. The zero-order chi connectivity index (χ0) is 24.3. The Hall–Kier alpha value is -0.420. The SMILES string of the molecule is CON=C(C(=O)N[C@H]1C(=O)N(S(=O)(=O)[O-])[C@H]1COS(=O)(=O)[O-])c1csc(NC(=O)CCl)n1.[Na+].[Na+]. The Morgan fingerprint density at radius 2 is 1.91 bits per heavy atom. The van der Waals surface area contributed by atoms with Gasteiger partial charge in [0.1, 0.15) is 30.8 Å². The number of hydrogen-bond donors (Lipinski definition) is 2. The van der Waals surface area contributed by atoms with E-state index in [0.717, 1.165) is 18.4 Å². The van der Waals surface area contributed by atoms with Crippen LogP contribution in [0.25, 0.3) is 0 Å². The van der Waals surface area contributed by atoms with Crippen molar-refractivity contribution >= 4 is 72.2 Å². The maximum absolute atomic E-state index is 12.6. The summed E-state index contributed by atoms with van der Waals surface area (Å²) >= 11 is 6.25. The van der Waals surface area contributed by atoms with Crippen molar-refractivity contribution in [2.24, 2.45) is 5.16 Å². The summed E-state index contributed by atoms with van der Waals surface area (Å²) in [4.78, 5) is 44.4. The van der Waals surface area contributed by atoms with Crippen LogP contribution < -0.4 is 69.7 Å². The van der Waals surface area contributed by atoms with Crippen molar-refractivity contribution < 1.29 is 108 Å². The number of β-lactam (4-membered cyclic amide) rings is 1. The summed E-state index contributed by atoms with van der Waals surface area (Å²) in [6, 6.07) is -3.58. The van der Waals surface area contributed by atoms with Crippen LogP contribution in [-0.2, 0) is 44.1 Å². The fraction of sp³-hybridized carbons (Fsp3) is 0.417. The predicted molar refractivity (Wildman–Crippen MR) is 103 cm³/mol. The zero-order valence-corrected chi connectivity index (χ0v) is 24.8. The van der Waals surface area contributed by atoms with E-state index in [1.165, 1.54) is 5.38 Å². The maximum Gasteiger partial charge on any atom is 1.00 e. The molecule has 2 N–H and O–H groups in total. The predicted octanol–water partition coefficient (Wildman–Crippen LogP) is -8.69. The summed E-state index contributed by atoms with van der Waals surface area (Å²) in [7, 11) is -9.63. The molecule has 2 heterocycles. The van der Waals surface area contributed by atoms with Gasteiger partial charge in [0.25, 0.3) is 11.8 Å². The van der Waals surface area contributed by atoms with Crippen molar-refractivity contribution in [2.45, 2.75) is 12.1 Å². The number of oxime groups is 1. The average Bonchev–Trinajstić information content (AvgIpc) is 3.12. The number of anilines is 1. The van der Waals surface area contributed by atoms with Crippen molar-refractivity contribution in [3.63, 3.8) is 0 Å². The molecule has 0 unspecified atom stereocenters. The fourth-order valence-electron chi connectivity index (χ4n) is 2.37. The Morgan fingerprint density at radius 3 is 2.41 bits per heavy atom. The minimum atomic E-state index is -5.41. The molecule has 3 amide bonds. The molecule has 22 heteroatoms. The van der Waals surface area contributed by atoms with Crippen LogP contribution in [0.1, 0.15) is 5.69 Å². The van der Waals surface area contributed by atoms with Gasteiger partial charge in [-0.2, -0.15) is 0 Å². The first-order chi connectivity index (χ1) is 14.8. The van der Waals surface area contributed by atoms with Crippen LogP contribution in [0.3, 0.4) is 0 Å². The monoisotopic (exact) mass is 579 g/mol. The molecule has 178 valence electrons. The van der Waals surface area contributed by atoms with Crippen molar-refractivity contribution in [3.8, 4) is 0 Å². The topological polar surface area (TPSA) is 237 Å². The second kappa shape index (κ2) is 13.8. The van der Waals surface area contributed by atoms with E-state index >= 15 is 0 Å². The molecule has 1 saturated heterocycles. The third-order valence-electron chi connectivity index (χ3n) is 3.59. The van der Waals surface area contributed by atoms with E-state index in [0.29, 0.717) is 0 Å². The number of thiazole rings is 1. The van der Waals surface area contributed by atoms with E-state index in [1.54, 1.807) is 0 Å². The number of carbonyl (C=O) groups is 3. The molecular weight excluding hydrogens is 568 g/mol. The minimum Gasteiger partial charge on any atom is -0.731 e. The number of nitrogens with one attached hydrogen (secondary N) is 2. The molecule has 0 spiro atoms. The fourth-order valence-corrected chi connectivity index (χ4v) is 4.30. The van der Waals surface area contributed by atoms with Gasteiger partial charge in [0.05, 0.1) is 6.61 Å². The number of hydrogen-bond acceptors (Lipinski definition) is 14. The summed E-state index contributed by atoms with van der Waals surface area (Å²) in [5.74, 6) is -3.50. The van der Waals surface area contributed by atoms with Gasteiger partial charge in [0, 0.05) is 5.38 Å². The zero-order valence-electron chi connectivity index (χ0n) is 17.6. The third kappa shape index (κ3) is 8.91. The van der Waals surface area contributed by atoms with Crippen LogP contribution in [0.15, 0.2) is 10.5 Å². The minimum absolute atomic E-state index is 0. The molecule has 16 nitrogen and oxygen atoms in total. The molecular formula is C12H12ClN5Na2O11S3. The number of carbonyl (C=O) groups excluding carboxylic acids is 3. The molecule has 0 radical (unpaired) electrons. The van der Waals surface area contributed by atoms with E-state index < -0.39 is 62.8 Å². The molecule has 1 aromatic rings. The summed E-state index contributed by atoms with van der Waals surface area (Å²) in [5, 5.41) is 9.13. The Bertz CT molecular complexity index is 1160. The third-order valence-corrected chi connectivity index (χ3v) is 5.95. The van der Waals surface area contributed by atoms with Gasteiger partial charge in [-0.15, -0.1) is 22.9 Å². The van der Waals surface area contributed by atoms with Gasteiger partial charge in [0.2, 0.25) is 16.3 Å². The number of alkyl halides is 1. The molecule has 0 aromatic carbocycles. The number of aromatic nitrogens is 1. The molecule has 1 aliphatic heterocycles. The number of amides is 3. The largest absolute Gasteiger partial charge is 1.00 e. The Labute approximate surface area is 246 Å². The molecule has 1 fully saturated rings. The van der Waals surface area contributed by atoms with Gasteiger partial charge in [-0.1, -0.05) is 5.16 Å². The number of halogens is 1. The first-order valence-electron chi connectivity index (χ1n) is 7.91. The van der Waals surface area contributed by atoms with Crippen LogP contribution in [-0.4, -0.2) is 90.3 Å². The number of rotatable bonds is 10. The van der Waals surface area contributed by atoms with E-state index in [4.69, 9.17) is 11.6 Å². The van der Waals surface area contributed by atoms with Crippen LogP contribution in [0.2, 0.25) is 0 Å². The van der Waals surface area contributed by atoms with Gasteiger partial charge < -0.3 is 24.6 Å². The Balaban J connectivity index is 0.00000544. The first-order valence-corrected chi connectivity index (χ1v) is 12.0. The van der Waals surface area contributed by atoms with Crippen molar-refractivity contribution in [2.75, 3.05) is 24.9 Å². The average molecular weight is 580 g/mol. The van der Waals surface area contributed by atoms with E-state index in [-0.39, 0.29) is 80.1 Å². The summed E-state index contributed by atoms with van der Waals surface area (Å²) in [6.45, 7) is -1.22. The number of nitrogens with zero attached hydrogens (tertiary/aromatic N) is 3.